The van der Waals surface area contributed by atoms with E-state index in [-0.39, 0.29) is 56.9 Å². The molecular formula is C6H6KNO2S. The first kappa shape index (κ1) is 11.6. The Kier molecular flexibility index (Phi) is 4.84. The predicted molar refractivity (Wildman–Crippen MR) is 37.8 cm³/mol. The van der Waals surface area contributed by atoms with Crippen LogP contribution in [-0.2, 0) is 0 Å². The van der Waals surface area contributed by atoms with Crippen LogP contribution in [0, 0.1) is 6.92 Å². The second-order valence-corrected chi connectivity index (χ2v) is 3.21. The van der Waals surface area contributed by atoms with Crippen molar-refractivity contribution >= 4 is 22.3 Å². The Morgan fingerprint density at radius 2 is 2.27 bits per heavy atom. The molecule has 0 spiro atoms. The Hall–Kier alpha value is 0.606. The standard InChI is InChI=1S/C6H7NO2S.K/c1-3-2-4(6(8)9)5(7)10-3;/h2H,7H2,1H3,(H,8,9);/q;+1/p-1. The van der Waals surface area contributed by atoms with Crippen LogP contribution in [-0.4, -0.2) is 5.97 Å². The summed E-state index contributed by atoms with van der Waals surface area (Å²) < 4.78 is 0. The topological polar surface area (TPSA) is 66.1 Å². The zero-order chi connectivity index (χ0) is 7.72. The Morgan fingerprint density at radius 3 is 2.45 bits per heavy atom. The van der Waals surface area contributed by atoms with E-state index in [1.807, 2.05) is 0 Å². The van der Waals surface area contributed by atoms with E-state index in [9.17, 15) is 9.90 Å². The van der Waals surface area contributed by atoms with Crippen LogP contribution in [0.4, 0.5) is 5.00 Å². The summed E-state index contributed by atoms with van der Waals surface area (Å²) in [5, 5.41) is 10.6. The van der Waals surface area contributed by atoms with E-state index >= 15 is 0 Å². The fourth-order valence-corrected chi connectivity index (χ4v) is 1.47. The van der Waals surface area contributed by atoms with Crippen molar-refractivity contribution in [2.24, 2.45) is 0 Å². The Balaban J connectivity index is 0.000001000. The third-order valence-corrected chi connectivity index (χ3v) is 1.98. The molecular weight excluding hydrogens is 189 g/mol. The molecule has 1 rings (SSSR count). The summed E-state index contributed by atoms with van der Waals surface area (Å²) in [5.41, 5.74) is 5.44. The largest absolute Gasteiger partial charge is 1.00 e. The quantitative estimate of drug-likeness (QED) is 0.486. The van der Waals surface area contributed by atoms with Gasteiger partial charge >= 0.3 is 51.4 Å². The molecule has 5 heteroatoms. The van der Waals surface area contributed by atoms with Gasteiger partial charge in [-0.2, -0.15) is 0 Å². The molecule has 0 unspecified atom stereocenters. The number of nitrogen functional groups attached to an aromatic ring is 1. The third kappa shape index (κ3) is 2.85. The van der Waals surface area contributed by atoms with Crippen LogP contribution in [0.3, 0.4) is 0 Å². The van der Waals surface area contributed by atoms with E-state index in [1.54, 1.807) is 6.92 Å². The Bertz CT molecular complexity index is 272. The maximum Gasteiger partial charge on any atom is 1.00 e. The molecule has 11 heavy (non-hydrogen) atoms. The average Bonchev–Trinajstić information content (AvgIpc) is 2.10. The van der Waals surface area contributed by atoms with Crippen LogP contribution >= 0.6 is 11.3 Å². The minimum atomic E-state index is -1.21. The fraction of sp³-hybridized carbons (Fsp3) is 0.167. The molecule has 0 fully saturated rings. The molecule has 2 N–H and O–H groups in total. The van der Waals surface area contributed by atoms with Gasteiger partial charge in [0.25, 0.3) is 0 Å². The molecule has 54 valence electrons. The van der Waals surface area contributed by atoms with Gasteiger partial charge in [0.15, 0.2) is 0 Å². The summed E-state index contributed by atoms with van der Waals surface area (Å²) in [5.74, 6) is -1.21. The van der Waals surface area contributed by atoms with E-state index in [4.69, 9.17) is 5.73 Å². The first-order chi connectivity index (χ1) is 4.61. The van der Waals surface area contributed by atoms with Gasteiger partial charge in [0.1, 0.15) is 0 Å². The molecule has 0 saturated carbocycles. The van der Waals surface area contributed by atoms with Crippen LogP contribution < -0.4 is 62.2 Å². The molecule has 0 atom stereocenters. The van der Waals surface area contributed by atoms with Gasteiger partial charge in [0.2, 0.25) is 0 Å². The van der Waals surface area contributed by atoms with E-state index in [2.05, 4.69) is 0 Å². The molecule has 0 aliphatic heterocycles. The number of carboxylic acid groups (broad SMARTS) is 1. The van der Waals surface area contributed by atoms with E-state index in [0.717, 1.165) is 4.88 Å². The number of hydrogen-bond donors (Lipinski definition) is 1. The number of aromatic carboxylic acids is 1. The third-order valence-electron chi connectivity index (χ3n) is 1.10. The molecule has 0 saturated heterocycles. The second-order valence-electron chi connectivity index (χ2n) is 1.92. The first-order valence-electron chi connectivity index (χ1n) is 2.68. The van der Waals surface area contributed by atoms with Crippen molar-refractivity contribution in [3.8, 4) is 0 Å². The minimum absolute atomic E-state index is 0. The molecule has 0 aliphatic carbocycles. The van der Waals surface area contributed by atoms with Gasteiger partial charge in [-0.05, 0) is 13.0 Å². The molecule has 1 heterocycles. The minimum Gasteiger partial charge on any atom is -0.545 e. The average molecular weight is 195 g/mol. The zero-order valence-corrected chi connectivity index (χ0v) is 10.3. The maximum atomic E-state index is 10.3. The van der Waals surface area contributed by atoms with Gasteiger partial charge < -0.3 is 15.6 Å². The molecule has 0 bridgehead atoms. The fourth-order valence-electron chi connectivity index (χ4n) is 0.692. The van der Waals surface area contributed by atoms with Crippen molar-refractivity contribution in [3.05, 3.63) is 16.5 Å². The number of nitrogens with two attached hydrogens (primary N) is 1. The second kappa shape index (κ2) is 4.59. The molecule has 3 nitrogen and oxygen atoms in total. The summed E-state index contributed by atoms with van der Waals surface area (Å²) in [6.45, 7) is 1.80. The normalized spacial score (nSPS) is 8.82. The van der Waals surface area contributed by atoms with Gasteiger partial charge in [-0.25, -0.2) is 0 Å². The van der Waals surface area contributed by atoms with Crippen molar-refractivity contribution < 1.29 is 61.3 Å². The van der Waals surface area contributed by atoms with Crippen molar-refractivity contribution in [3.63, 3.8) is 0 Å². The van der Waals surface area contributed by atoms with E-state index in [1.165, 1.54) is 17.4 Å². The molecule has 1 aromatic heterocycles. The van der Waals surface area contributed by atoms with E-state index in [0.29, 0.717) is 5.00 Å². The Morgan fingerprint density at radius 1 is 1.73 bits per heavy atom. The molecule has 0 radical (unpaired) electrons. The van der Waals surface area contributed by atoms with Gasteiger partial charge in [-0.3, -0.25) is 0 Å². The zero-order valence-electron chi connectivity index (χ0n) is 6.38. The van der Waals surface area contributed by atoms with Crippen molar-refractivity contribution in [2.45, 2.75) is 6.92 Å². The predicted octanol–water partition coefficient (Wildman–Crippen LogP) is -2.99. The SMILES string of the molecule is Cc1cc(C(=O)[O-])c(N)s1.[K+]. The van der Waals surface area contributed by atoms with Gasteiger partial charge in [0.05, 0.1) is 11.0 Å². The van der Waals surface area contributed by atoms with Gasteiger partial charge in [-0.1, -0.05) is 0 Å². The number of carboxylic acids is 1. The van der Waals surface area contributed by atoms with E-state index < -0.39 is 5.97 Å². The monoisotopic (exact) mass is 195 g/mol. The van der Waals surface area contributed by atoms with Gasteiger partial charge in [-0.15, -0.1) is 11.3 Å². The van der Waals surface area contributed by atoms with Crippen LogP contribution in [0.15, 0.2) is 6.07 Å². The maximum absolute atomic E-state index is 10.3. The number of carbonyl (C=O) groups is 1. The number of hydrogen-bond acceptors (Lipinski definition) is 4. The summed E-state index contributed by atoms with van der Waals surface area (Å²) in [6, 6.07) is 1.51. The number of thiophene rings is 1. The molecule has 0 aromatic carbocycles. The first-order valence-corrected chi connectivity index (χ1v) is 3.50. The summed E-state index contributed by atoms with van der Waals surface area (Å²) in [6.07, 6.45) is 0. The van der Waals surface area contributed by atoms with Crippen LogP contribution in [0.5, 0.6) is 0 Å². The smallest absolute Gasteiger partial charge is 0.545 e. The van der Waals surface area contributed by atoms with Crippen LogP contribution in [0.25, 0.3) is 0 Å². The number of aryl methyl sites for hydroxylation is 1. The van der Waals surface area contributed by atoms with Crippen molar-refractivity contribution in [1.29, 1.82) is 0 Å². The van der Waals surface area contributed by atoms with Crippen LogP contribution in [0.1, 0.15) is 15.2 Å². The molecule has 0 amide bonds. The van der Waals surface area contributed by atoms with Crippen LogP contribution in [0.2, 0.25) is 0 Å². The van der Waals surface area contributed by atoms with Crippen molar-refractivity contribution in [2.75, 3.05) is 5.73 Å². The summed E-state index contributed by atoms with van der Waals surface area (Å²) in [4.78, 5) is 11.1. The Labute approximate surface area is 111 Å². The van der Waals surface area contributed by atoms with Crippen molar-refractivity contribution in [1.82, 2.24) is 0 Å². The molecule has 1 aromatic rings. The number of carbonyl (C=O) groups excluding carboxylic acids is 1. The molecule has 0 aliphatic rings. The number of anilines is 1. The van der Waals surface area contributed by atoms with Gasteiger partial charge in [0, 0.05) is 10.4 Å². The summed E-state index contributed by atoms with van der Waals surface area (Å²) >= 11 is 1.25. The summed E-state index contributed by atoms with van der Waals surface area (Å²) in [7, 11) is 0. The number of rotatable bonds is 1.